The van der Waals surface area contributed by atoms with Gasteiger partial charge in [-0.05, 0) is 24.1 Å². The average molecular weight is 198 g/mol. The highest BCUT2D eigenvalue weighted by atomic mass is 19.4. The molecule has 0 bridgehead atoms. The summed E-state index contributed by atoms with van der Waals surface area (Å²) in [6.45, 7) is 3.34. The van der Waals surface area contributed by atoms with E-state index in [1.165, 1.54) is 6.07 Å². The Labute approximate surface area is 80.4 Å². The van der Waals surface area contributed by atoms with E-state index >= 15 is 0 Å². The van der Waals surface area contributed by atoms with E-state index in [2.05, 4.69) is 12.3 Å². The van der Waals surface area contributed by atoms with Crippen LogP contribution in [0.4, 0.5) is 13.2 Å². The minimum Gasteiger partial charge on any atom is -0.166 e. The maximum atomic E-state index is 12.3. The molecule has 1 rings (SSSR count). The first-order valence-corrected chi connectivity index (χ1v) is 4.04. The lowest BCUT2D eigenvalue weighted by molar-refractivity contribution is -0.137. The predicted molar refractivity (Wildman–Crippen MR) is 48.9 cm³/mol. The van der Waals surface area contributed by atoms with Gasteiger partial charge in [-0.25, -0.2) is 0 Å². The molecule has 0 aromatic heterocycles. The first-order chi connectivity index (χ1) is 6.54. The highest BCUT2D eigenvalue weighted by Crippen LogP contribution is 2.29. The summed E-state index contributed by atoms with van der Waals surface area (Å²) in [6, 6.07) is 5.23. The standard InChI is InChI=1S/C11H9F3/c1-2-3-5-9-6-4-7-10(8-9)11(12,13)14/h3-4,6-8H,1,5H2. The van der Waals surface area contributed by atoms with Gasteiger partial charge < -0.3 is 0 Å². The number of halogens is 3. The Morgan fingerprint density at radius 3 is 2.64 bits per heavy atom. The molecule has 0 nitrogen and oxygen atoms in total. The van der Waals surface area contributed by atoms with Crippen molar-refractivity contribution in [2.45, 2.75) is 12.6 Å². The molecule has 0 aliphatic carbocycles. The number of benzene rings is 1. The summed E-state index contributed by atoms with van der Waals surface area (Å²) in [5, 5.41) is 0. The van der Waals surface area contributed by atoms with Crippen molar-refractivity contribution in [2.75, 3.05) is 0 Å². The molecule has 0 spiro atoms. The van der Waals surface area contributed by atoms with Crippen molar-refractivity contribution in [3.8, 4) is 0 Å². The van der Waals surface area contributed by atoms with Gasteiger partial charge in [0.1, 0.15) is 0 Å². The Hall–Kier alpha value is -1.47. The van der Waals surface area contributed by atoms with Crippen LogP contribution in [0.5, 0.6) is 0 Å². The van der Waals surface area contributed by atoms with Gasteiger partial charge in [-0.15, -0.1) is 5.73 Å². The molecule has 14 heavy (non-hydrogen) atoms. The molecule has 0 heterocycles. The summed E-state index contributed by atoms with van der Waals surface area (Å²) in [4.78, 5) is 0. The number of allylic oxidation sites excluding steroid dienone is 1. The van der Waals surface area contributed by atoms with Crippen LogP contribution >= 0.6 is 0 Å². The molecule has 1 aromatic rings. The van der Waals surface area contributed by atoms with Crippen molar-refractivity contribution in [3.05, 3.63) is 53.8 Å². The number of rotatable bonds is 2. The Balaban J connectivity index is 2.95. The van der Waals surface area contributed by atoms with Crippen LogP contribution in [0.25, 0.3) is 0 Å². The van der Waals surface area contributed by atoms with Crippen molar-refractivity contribution in [2.24, 2.45) is 0 Å². The van der Waals surface area contributed by atoms with E-state index in [1.807, 2.05) is 0 Å². The molecule has 0 saturated carbocycles. The molecule has 0 atom stereocenters. The Morgan fingerprint density at radius 1 is 1.36 bits per heavy atom. The van der Waals surface area contributed by atoms with Crippen LogP contribution < -0.4 is 0 Å². The zero-order chi connectivity index (χ0) is 10.6. The first-order valence-electron chi connectivity index (χ1n) is 4.04. The van der Waals surface area contributed by atoms with E-state index < -0.39 is 11.7 Å². The van der Waals surface area contributed by atoms with Crippen LogP contribution in [0.2, 0.25) is 0 Å². The summed E-state index contributed by atoms with van der Waals surface area (Å²) in [6.07, 6.45) is -2.25. The van der Waals surface area contributed by atoms with Gasteiger partial charge in [-0.2, -0.15) is 13.2 Å². The molecule has 0 aliphatic rings. The monoisotopic (exact) mass is 198 g/mol. The lowest BCUT2D eigenvalue weighted by Crippen LogP contribution is -2.04. The first kappa shape index (κ1) is 10.6. The van der Waals surface area contributed by atoms with Gasteiger partial charge in [-0.3, -0.25) is 0 Å². The molecular weight excluding hydrogens is 189 g/mol. The van der Waals surface area contributed by atoms with Crippen molar-refractivity contribution in [1.82, 2.24) is 0 Å². The minimum atomic E-state index is -4.27. The topological polar surface area (TPSA) is 0 Å². The van der Waals surface area contributed by atoms with Crippen molar-refractivity contribution < 1.29 is 13.2 Å². The predicted octanol–water partition coefficient (Wildman–Crippen LogP) is 3.59. The highest BCUT2D eigenvalue weighted by Gasteiger charge is 2.30. The van der Waals surface area contributed by atoms with Gasteiger partial charge in [0, 0.05) is 0 Å². The third-order valence-corrected chi connectivity index (χ3v) is 1.74. The van der Waals surface area contributed by atoms with Crippen LogP contribution in [0.3, 0.4) is 0 Å². The summed E-state index contributed by atoms with van der Waals surface area (Å²) in [5.74, 6) is 0. The zero-order valence-corrected chi connectivity index (χ0v) is 7.43. The molecule has 0 saturated heterocycles. The Kier molecular flexibility index (Phi) is 3.15. The summed E-state index contributed by atoms with van der Waals surface area (Å²) in [7, 11) is 0. The van der Waals surface area contributed by atoms with Gasteiger partial charge in [0.25, 0.3) is 0 Å². The molecular formula is C11H9F3. The quantitative estimate of drug-likeness (QED) is 0.637. The van der Waals surface area contributed by atoms with E-state index in [-0.39, 0.29) is 0 Å². The summed E-state index contributed by atoms with van der Waals surface area (Å²) in [5.41, 5.74) is 2.51. The van der Waals surface area contributed by atoms with Gasteiger partial charge in [0.15, 0.2) is 0 Å². The second-order valence-corrected chi connectivity index (χ2v) is 2.81. The molecule has 0 aliphatic heterocycles. The van der Waals surface area contributed by atoms with Crippen molar-refractivity contribution in [1.29, 1.82) is 0 Å². The number of alkyl halides is 3. The lowest BCUT2D eigenvalue weighted by Gasteiger charge is -2.07. The van der Waals surface area contributed by atoms with Crippen LogP contribution in [0, 0.1) is 0 Å². The van der Waals surface area contributed by atoms with E-state index in [1.54, 1.807) is 12.1 Å². The van der Waals surface area contributed by atoms with Crippen LogP contribution in [0.1, 0.15) is 11.1 Å². The summed E-state index contributed by atoms with van der Waals surface area (Å²) < 4.78 is 36.8. The SMILES string of the molecule is C=C=CCc1cccc(C(F)(F)F)c1. The van der Waals surface area contributed by atoms with Gasteiger partial charge in [0.05, 0.1) is 5.56 Å². The van der Waals surface area contributed by atoms with Gasteiger partial charge >= 0.3 is 6.18 Å². The maximum Gasteiger partial charge on any atom is 0.416 e. The number of hydrogen-bond donors (Lipinski definition) is 0. The lowest BCUT2D eigenvalue weighted by atomic mass is 10.1. The maximum absolute atomic E-state index is 12.3. The minimum absolute atomic E-state index is 0.424. The largest absolute Gasteiger partial charge is 0.416 e. The number of hydrogen-bond acceptors (Lipinski definition) is 0. The van der Waals surface area contributed by atoms with Gasteiger partial charge in [0.2, 0.25) is 0 Å². The molecule has 0 amide bonds. The molecule has 0 N–H and O–H groups in total. The highest BCUT2D eigenvalue weighted by molar-refractivity contribution is 5.26. The fraction of sp³-hybridized carbons (Fsp3) is 0.182. The van der Waals surface area contributed by atoms with E-state index in [9.17, 15) is 13.2 Å². The third kappa shape index (κ3) is 2.79. The average Bonchev–Trinajstić information content (AvgIpc) is 2.14. The van der Waals surface area contributed by atoms with Crippen molar-refractivity contribution >= 4 is 0 Å². The van der Waals surface area contributed by atoms with Crippen molar-refractivity contribution in [3.63, 3.8) is 0 Å². The van der Waals surface area contributed by atoms with Crippen LogP contribution in [-0.4, -0.2) is 0 Å². The smallest absolute Gasteiger partial charge is 0.166 e. The fourth-order valence-electron chi connectivity index (χ4n) is 1.06. The zero-order valence-electron chi connectivity index (χ0n) is 7.43. The van der Waals surface area contributed by atoms with E-state index in [4.69, 9.17) is 0 Å². The molecule has 0 radical (unpaired) electrons. The Morgan fingerprint density at radius 2 is 2.07 bits per heavy atom. The summed E-state index contributed by atoms with van der Waals surface area (Å²) >= 11 is 0. The molecule has 1 aromatic carbocycles. The second-order valence-electron chi connectivity index (χ2n) is 2.81. The third-order valence-electron chi connectivity index (χ3n) is 1.74. The van der Waals surface area contributed by atoms with E-state index in [0.29, 0.717) is 12.0 Å². The van der Waals surface area contributed by atoms with Crippen LogP contribution in [-0.2, 0) is 12.6 Å². The molecule has 0 unspecified atom stereocenters. The fourth-order valence-corrected chi connectivity index (χ4v) is 1.06. The molecule has 3 heteroatoms. The van der Waals surface area contributed by atoms with E-state index in [0.717, 1.165) is 12.1 Å². The molecule has 0 fully saturated rings. The Bertz CT molecular complexity index is 357. The van der Waals surface area contributed by atoms with Gasteiger partial charge in [-0.1, -0.05) is 24.8 Å². The normalized spacial score (nSPS) is 10.8. The second kappa shape index (κ2) is 4.16. The van der Waals surface area contributed by atoms with Crippen LogP contribution in [0.15, 0.2) is 42.7 Å². The molecule has 74 valence electrons.